The summed E-state index contributed by atoms with van der Waals surface area (Å²) in [6.07, 6.45) is 0.876. The zero-order valence-corrected chi connectivity index (χ0v) is 12.4. The van der Waals surface area contributed by atoms with Gasteiger partial charge in [-0.2, -0.15) is 0 Å². The molecule has 0 aliphatic rings. The quantitative estimate of drug-likeness (QED) is 0.699. The van der Waals surface area contributed by atoms with Gasteiger partial charge in [0.2, 0.25) is 0 Å². The lowest BCUT2D eigenvalue weighted by molar-refractivity contribution is 0.323. The van der Waals surface area contributed by atoms with Gasteiger partial charge in [-0.25, -0.2) is 0 Å². The molecule has 110 valence electrons. The Hall–Kier alpha value is -2.74. The smallest absolute Gasteiger partial charge is 0.142 e. The van der Waals surface area contributed by atoms with Crippen molar-refractivity contribution in [1.82, 2.24) is 0 Å². The minimum atomic E-state index is 0.624. The Morgan fingerprint density at radius 1 is 0.727 bits per heavy atom. The second-order valence-electron chi connectivity index (χ2n) is 5.20. The second-order valence-corrected chi connectivity index (χ2v) is 5.20. The fraction of sp³-hybridized carbons (Fsp3) is 0.100. The predicted molar refractivity (Wildman–Crippen MR) is 91.9 cm³/mol. The van der Waals surface area contributed by atoms with E-state index in [4.69, 9.17) is 10.5 Å². The van der Waals surface area contributed by atoms with Crippen LogP contribution in [0, 0.1) is 0 Å². The van der Waals surface area contributed by atoms with Gasteiger partial charge in [0.1, 0.15) is 5.75 Å². The molecule has 0 atom stereocenters. The number of ether oxygens (including phenoxy) is 1. The van der Waals surface area contributed by atoms with Crippen LogP contribution in [0.1, 0.15) is 5.56 Å². The molecule has 0 saturated carbocycles. The van der Waals surface area contributed by atoms with Crippen LogP contribution in [0.5, 0.6) is 5.75 Å². The Balaban J connectivity index is 1.65. The van der Waals surface area contributed by atoms with Crippen molar-refractivity contribution in [3.8, 4) is 16.9 Å². The largest absolute Gasteiger partial charge is 0.491 e. The molecule has 0 aliphatic carbocycles. The van der Waals surface area contributed by atoms with Crippen molar-refractivity contribution in [2.75, 3.05) is 12.3 Å². The van der Waals surface area contributed by atoms with Crippen LogP contribution in [0.15, 0.2) is 78.9 Å². The molecule has 2 nitrogen and oxygen atoms in total. The monoisotopic (exact) mass is 289 g/mol. The van der Waals surface area contributed by atoms with E-state index in [-0.39, 0.29) is 0 Å². The van der Waals surface area contributed by atoms with E-state index in [1.165, 1.54) is 5.56 Å². The Kier molecular flexibility index (Phi) is 4.40. The lowest BCUT2D eigenvalue weighted by Crippen LogP contribution is -2.03. The zero-order chi connectivity index (χ0) is 15.2. The summed E-state index contributed by atoms with van der Waals surface area (Å²) in [5.74, 6) is 0.746. The standard InChI is InChI=1S/C20H19NO/c21-19-15-18(17-9-5-2-6-10-17)11-12-20(19)22-14-13-16-7-3-1-4-8-16/h1-12,15H,13-14,21H2. The number of benzene rings is 3. The fourth-order valence-corrected chi connectivity index (χ4v) is 2.41. The van der Waals surface area contributed by atoms with E-state index in [0.717, 1.165) is 23.3 Å². The van der Waals surface area contributed by atoms with Crippen molar-refractivity contribution in [2.24, 2.45) is 0 Å². The Morgan fingerprint density at radius 3 is 2.09 bits per heavy atom. The molecule has 0 aromatic heterocycles. The van der Waals surface area contributed by atoms with Crippen LogP contribution in [0.4, 0.5) is 5.69 Å². The topological polar surface area (TPSA) is 35.2 Å². The minimum Gasteiger partial charge on any atom is -0.491 e. The first-order valence-corrected chi connectivity index (χ1v) is 7.44. The molecule has 3 rings (SSSR count). The molecule has 0 bridgehead atoms. The third-order valence-corrected chi connectivity index (χ3v) is 3.61. The maximum Gasteiger partial charge on any atom is 0.142 e. The van der Waals surface area contributed by atoms with Gasteiger partial charge in [-0.1, -0.05) is 66.7 Å². The summed E-state index contributed by atoms with van der Waals surface area (Å²) in [5.41, 5.74) is 10.3. The van der Waals surface area contributed by atoms with Crippen molar-refractivity contribution in [3.05, 3.63) is 84.4 Å². The molecule has 0 aliphatic heterocycles. The van der Waals surface area contributed by atoms with Crippen LogP contribution in [0.3, 0.4) is 0 Å². The molecule has 2 N–H and O–H groups in total. The number of anilines is 1. The molecular weight excluding hydrogens is 270 g/mol. The van der Waals surface area contributed by atoms with Crippen LogP contribution in [-0.4, -0.2) is 6.61 Å². The van der Waals surface area contributed by atoms with Crippen LogP contribution in [0.2, 0.25) is 0 Å². The minimum absolute atomic E-state index is 0.624. The van der Waals surface area contributed by atoms with E-state index in [0.29, 0.717) is 12.3 Å². The summed E-state index contributed by atoms with van der Waals surface area (Å²) in [6, 6.07) is 26.5. The van der Waals surface area contributed by atoms with Gasteiger partial charge in [0, 0.05) is 6.42 Å². The highest BCUT2D eigenvalue weighted by Crippen LogP contribution is 2.28. The molecule has 0 spiro atoms. The first kappa shape index (κ1) is 14.2. The summed E-state index contributed by atoms with van der Waals surface area (Å²) in [4.78, 5) is 0. The predicted octanol–water partition coefficient (Wildman–Crippen LogP) is 4.56. The molecule has 0 fully saturated rings. The van der Waals surface area contributed by atoms with Crippen molar-refractivity contribution >= 4 is 5.69 Å². The van der Waals surface area contributed by atoms with E-state index in [2.05, 4.69) is 24.3 Å². The lowest BCUT2D eigenvalue weighted by Gasteiger charge is -2.11. The molecule has 2 heteroatoms. The normalized spacial score (nSPS) is 10.4. The van der Waals surface area contributed by atoms with Gasteiger partial charge in [-0.3, -0.25) is 0 Å². The highest BCUT2D eigenvalue weighted by molar-refractivity contribution is 5.70. The van der Waals surface area contributed by atoms with Gasteiger partial charge >= 0.3 is 0 Å². The second kappa shape index (κ2) is 6.81. The number of hydrogen-bond donors (Lipinski definition) is 1. The van der Waals surface area contributed by atoms with Crippen molar-refractivity contribution in [3.63, 3.8) is 0 Å². The number of nitrogens with two attached hydrogens (primary N) is 1. The van der Waals surface area contributed by atoms with E-state index in [9.17, 15) is 0 Å². The highest BCUT2D eigenvalue weighted by Gasteiger charge is 2.04. The van der Waals surface area contributed by atoms with E-state index >= 15 is 0 Å². The Morgan fingerprint density at radius 2 is 1.41 bits per heavy atom. The van der Waals surface area contributed by atoms with Gasteiger partial charge in [-0.15, -0.1) is 0 Å². The first-order chi connectivity index (χ1) is 10.8. The van der Waals surface area contributed by atoms with Gasteiger partial charge in [0.05, 0.1) is 12.3 Å². The third-order valence-electron chi connectivity index (χ3n) is 3.61. The Labute approximate surface area is 131 Å². The van der Waals surface area contributed by atoms with Gasteiger partial charge in [0.25, 0.3) is 0 Å². The van der Waals surface area contributed by atoms with Gasteiger partial charge in [-0.05, 0) is 28.8 Å². The van der Waals surface area contributed by atoms with Gasteiger partial charge in [0.15, 0.2) is 0 Å². The first-order valence-electron chi connectivity index (χ1n) is 7.44. The van der Waals surface area contributed by atoms with Gasteiger partial charge < -0.3 is 10.5 Å². The molecule has 0 heterocycles. The summed E-state index contributed by atoms with van der Waals surface area (Å²) < 4.78 is 5.81. The van der Waals surface area contributed by atoms with E-state index in [1.807, 2.05) is 54.6 Å². The highest BCUT2D eigenvalue weighted by atomic mass is 16.5. The lowest BCUT2D eigenvalue weighted by atomic mass is 10.1. The average Bonchev–Trinajstić information content (AvgIpc) is 2.58. The van der Waals surface area contributed by atoms with Crippen molar-refractivity contribution in [1.29, 1.82) is 0 Å². The van der Waals surface area contributed by atoms with Crippen LogP contribution in [-0.2, 0) is 6.42 Å². The molecule has 22 heavy (non-hydrogen) atoms. The van der Waals surface area contributed by atoms with E-state index < -0.39 is 0 Å². The molecular formula is C20H19NO. The molecule has 0 unspecified atom stereocenters. The summed E-state index contributed by atoms with van der Waals surface area (Å²) in [7, 11) is 0. The summed E-state index contributed by atoms with van der Waals surface area (Å²) in [5, 5.41) is 0. The molecule has 0 amide bonds. The SMILES string of the molecule is Nc1cc(-c2ccccc2)ccc1OCCc1ccccc1. The maximum absolute atomic E-state index is 6.11. The summed E-state index contributed by atoms with van der Waals surface area (Å²) in [6.45, 7) is 0.624. The molecule has 3 aromatic rings. The number of nitrogen functional groups attached to an aromatic ring is 1. The summed E-state index contributed by atoms with van der Waals surface area (Å²) >= 11 is 0. The zero-order valence-electron chi connectivity index (χ0n) is 12.4. The Bertz CT molecular complexity index is 723. The molecule has 3 aromatic carbocycles. The number of rotatable bonds is 5. The molecule has 0 saturated heterocycles. The number of hydrogen-bond acceptors (Lipinski definition) is 2. The van der Waals surface area contributed by atoms with Crippen LogP contribution >= 0.6 is 0 Å². The molecule has 0 radical (unpaired) electrons. The van der Waals surface area contributed by atoms with Crippen LogP contribution < -0.4 is 10.5 Å². The average molecular weight is 289 g/mol. The fourth-order valence-electron chi connectivity index (χ4n) is 2.41. The van der Waals surface area contributed by atoms with Crippen LogP contribution in [0.25, 0.3) is 11.1 Å². The maximum atomic E-state index is 6.11. The van der Waals surface area contributed by atoms with Crippen molar-refractivity contribution in [2.45, 2.75) is 6.42 Å². The third kappa shape index (κ3) is 3.47. The van der Waals surface area contributed by atoms with Crippen molar-refractivity contribution < 1.29 is 4.74 Å². The van der Waals surface area contributed by atoms with E-state index in [1.54, 1.807) is 0 Å².